The van der Waals surface area contributed by atoms with Crippen LogP contribution < -0.4 is 0 Å². The number of aliphatic carboxylic acids is 4. The van der Waals surface area contributed by atoms with E-state index in [9.17, 15) is 19.2 Å². The van der Waals surface area contributed by atoms with Crippen molar-refractivity contribution in [3.63, 3.8) is 0 Å². The van der Waals surface area contributed by atoms with E-state index in [1.165, 1.54) is 0 Å². The summed E-state index contributed by atoms with van der Waals surface area (Å²) >= 11 is 0. The van der Waals surface area contributed by atoms with Crippen LogP contribution >= 0.6 is 0 Å². The van der Waals surface area contributed by atoms with Gasteiger partial charge in [-0.25, -0.2) is 0 Å². The third-order valence-corrected chi connectivity index (χ3v) is 2.17. The molecule has 0 aliphatic carbocycles. The van der Waals surface area contributed by atoms with Gasteiger partial charge in [-0.15, -0.1) is 0 Å². The van der Waals surface area contributed by atoms with E-state index in [0.29, 0.717) is 0 Å². The van der Waals surface area contributed by atoms with Crippen LogP contribution in [-0.2, 0) is 38.7 Å². The smallest absolute Gasteiger partial charge is 0.317 e. The van der Waals surface area contributed by atoms with Crippen molar-refractivity contribution in [3.05, 3.63) is 0 Å². The summed E-state index contributed by atoms with van der Waals surface area (Å²) in [6.45, 7) is -2.25. The van der Waals surface area contributed by atoms with Crippen LogP contribution in [0.3, 0.4) is 0 Å². The fourth-order valence-electron chi connectivity index (χ4n) is 1.48. The Kier molecular flexibility index (Phi) is 23.4. The molecular weight excluding hydrogens is 387 g/mol. The summed E-state index contributed by atoms with van der Waals surface area (Å²) in [5, 5.41) is 34.5. The molecular formula is C10H16N2Na2O8Zn. The van der Waals surface area contributed by atoms with E-state index in [1.54, 1.807) is 0 Å². The van der Waals surface area contributed by atoms with Crippen LogP contribution in [0, 0.1) is 0 Å². The van der Waals surface area contributed by atoms with Crippen LogP contribution in [0.1, 0.15) is 0 Å². The summed E-state index contributed by atoms with van der Waals surface area (Å²) in [7, 11) is 0. The molecule has 0 heterocycles. The topological polar surface area (TPSA) is 156 Å². The quantitative estimate of drug-likeness (QED) is 0.265. The Morgan fingerprint density at radius 3 is 0.870 bits per heavy atom. The Hall–Kier alpha value is 0.423. The van der Waals surface area contributed by atoms with E-state index >= 15 is 0 Å². The molecule has 0 fully saturated rings. The number of nitrogens with zero attached hydrogens (tertiary/aromatic N) is 2. The number of carboxylic acid groups (broad SMARTS) is 4. The molecule has 0 aromatic rings. The predicted octanol–water partition coefficient (Wildman–Crippen LogP) is -2.84. The molecule has 0 unspecified atom stereocenters. The summed E-state index contributed by atoms with van der Waals surface area (Å²) in [5.41, 5.74) is 0. The van der Waals surface area contributed by atoms with Gasteiger partial charge in [-0.05, 0) is 0 Å². The van der Waals surface area contributed by atoms with E-state index in [2.05, 4.69) is 0 Å². The second-order valence-corrected chi connectivity index (χ2v) is 4.00. The fraction of sp³-hybridized carbons (Fsp3) is 0.600. The van der Waals surface area contributed by atoms with Gasteiger partial charge < -0.3 is 20.4 Å². The van der Waals surface area contributed by atoms with Crippen LogP contribution in [-0.4, -0.2) is 152 Å². The second-order valence-electron chi connectivity index (χ2n) is 4.00. The van der Waals surface area contributed by atoms with Gasteiger partial charge in [-0.3, -0.25) is 29.0 Å². The maximum atomic E-state index is 10.6. The summed E-state index contributed by atoms with van der Waals surface area (Å²) in [6.07, 6.45) is 0. The first kappa shape index (κ1) is 31.2. The Morgan fingerprint density at radius 1 is 0.565 bits per heavy atom. The van der Waals surface area contributed by atoms with Crippen molar-refractivity contribution < 1.29 is 59.1 Å². The normalized spacial score (nSPS) is 9.30. The molecule has 0 aliphatic heterocycles. The van der Waals surface area contributed by atoms with Gasteiger partial charge in [0.15, 0.2) is 0 Å². The summed E-state index contributed by atoms with van der Waals surface area (Å²) in [5.74, 6) is -4.91. The minimum absolute atomic E-state index is 0. The molecule has 0 atom stereocenters. The first-order chi connectivity index (χ1) is 9.20. The maximum absolute atomic E-state index is 10.6. The summed E-state index contributed by atoms with van der Waals surface area (Å²) in [6, 6.07) is 0. The molecule has 10 nitrogen and oxygen atoms in total. The Labute approximate surface area is 189 Å². The Morgan fingerprint density at radius 2 is 0.739 bits per heavy atom. The van der Waals surface area contributed by atoms with E-state index < -0.39 is 50.1 Å². The van der Waals surface area contributed by atoms with Gasteiger partial charge in [-0.1, -0.05) is 0 Å². The maximum Gasteiger partial charge on any atom is 0.317 e. The predicted molar refractivity (Wildman–Crippen MR) is 74.9 cm³/mol. The van der Waals surface area contributed by atoms with Crippen LogP contribution in [0.15, 0.2) is 0 Å². The van der Waals surface area contributed by atoms with E-state index in [4.69, 9.17) is 20.4 Å². The van der Waals surface area contributed by atoms with Crippen molar-refractivity contribution in [2.24, 2.45) is 0 Å². The molecule has 0 aliphatic rings. The zero-order valence-corrected chi connectivity index (χ0v) is 20.2. The first-order valence-electron chi connectivity index (χ1n) is 5.52. The molecule has 23 heavy (non-hydrogen) atoms. The summed E-state index contributed by atoms with van der Waals surface area (Å²) < 4.78 is 0. The minimum atomic E-state index is -1.23. The van der Waals surface area contributed by atoms with Crippen molar-refractivity contribution in [1.29, 1.82) is 0 Å². The number of hydrogen-bond donors (Lipinski definition) is 4. The van der Waals surface area contributed by atoms with Crippen LogP contribution in [0.2, 0.25) is 0 Å². The largest absolute Gasteiger partial charge is 0.480 e. The van der Waals surface area contributed by atoms with Crippen molar-refractivity contribution in [1.82, 2.24) is 9.80 Å². The third kappa shape index (κ3) is 20.4. The van der Waals surface area contributed by atoms with Crippen molar-refractivity contribution >= 4 is 83.0 Å². The van der Waals surface area contributed by atoms with Crippen LogP contribution in [0.5, 0.6) is 0 Å². The third-order valence-electron chi connectivity index (χ3n) is 2.17. The average molecular weight is 404 g/mol. The molecule has 0 saturated carbocycles. The van der Waals surface area contributed by atoms with Gasteiger partial charge in [0.05, 0.1) is 26.2 Å². The molecule has 0 bridgehead atoms. The Bertz CT molecular complexity index is 331. The second kappa shape index (κ2) is 17.3. The molecule has 0 saturated heterocycles. The van der Waals surface area contributed by atoms with Gasteiger partial charge in [-0.2, -0.15) is 0 Å². The monoisotopic (exact) mass is 402 g/mol. The zero-order valence-electron chi connectivity index (χ0n) is 13.3. The Balaban J connectivity index is -0.000000602. The van der Waals surface area contributed by atoms with Crippen LogP contribution in [0.4, 0.5) is 0 Å². The fourth-order valence-corrected chi connectivity index (χ4v) is 1.48. The molecule has 2 radical (unpaired) electrons. The SMILES string of the molecule is O=C(O)CN(CCN(CC(=O)O)CC(=O)O)CC(=O)O.[Na].[Na].[Zn]. The van der Waals surface area contributed by atoms with Gasteiger partial charge >= 0.3 is 23.9 Å². The number of carbonyl (C=O) groups is 4. The van der Waals surface area contributed by atoms with E-state index in [-0.39, 0.29) is 91.7 Å². The van der Waals surface area contributed by atoms with Crippen molar-refractivity contribution in [2.75, 3.05) is 39.3 Å². The summed E-state index contributed by atoms with van der Waals surface area (Å²) in [4.78, 5) is 44.4. The van der Waals surface area contributed by atoms with Crippen molar-refractivity contribution in [3.8, 4) is 0 Å². The molecule has 0 spiro atoms. The molecule has 0 aromatic carbocycles. The van der Waals surface area contributed by atoms with Gasteiger partial charge in [0.2, 0.25) is 0 Å². The van der Waals surface area contributed by atoms with Gasteiger partial charge in [0, 0.05) is 91.7 Å². The molecule has 0 aromatic heterocycles. The number of carboxylic acids is 4. The first-order valence-corrected chi connectivity index (χ1v) is 5.52. The molecule has 0 rings (SSSR count). The number of rotatable bonds is 11. The van der Waals surface area contributed by atoms with Gasteiger partial charge in [0.1, 0.15) is 0 Å². The molecule has 13 heteroatoms. The minimum Gasteiger partial charge on any atom is -0.480 e. The van der Waals surface area contributed by atoms with Crippen molar-refractivity contribution in [2.45, 2.75) is 0 Å². The molecule has 118 valence electrons. The number of hydrogen-bond acceptors (Lipinski definition) is 6. The molecule has 0 amide bonds. The van der Waals surface area contributed by atoms with Crippen LogP contribution in [0.25, 0.3) is 0 Å². The standard InChI is InChI=1S/C10H16N2O8.2Na.Zn/c13-7(14)3-11(4-8(15)16)1-2-12(5-9(17)18)6-10(19)20;;;/h1-6H2,(H,13,14)(H,15,16)(H,17,18)(H,19,20);;;. The van der Waals surface area contributed by atoms with Gasteiger partial charge in [0.25, 0.3) is 0 Å². The van der Waals surface area contributed by atoms with E-state index in [0.717, 1.165) is 9.80 Å². The average Bonchev–Trinajstić information content (AvgIpc) is 2.22. The molecule has 4 N–H and O–H groups in total. The zero-order chi connectivity index (χ0) is 15.7. The van der Waals surface area contributed by atoms with E-state index in [1.807, 2.05) is 0 Å².